The van der Waals surface area contributed by atoms with Crippen molar-refractivity contribution in [2.24, 2.45) is 0 Å². The maximum absolute atomic E-state index is 12.2. The lowest BCUT2D eigenvalue weighted by Gasteiger charge is -2.10. The number of amides is 1. The number of H-pyrrole nitrogens is 1. The second-order valence-corrected chi connectivity index (χ2v) is 6.56. The van der Waals surface area contributed by atoms with E-state index in [1.165, 1.54) is 11.8 Å². The molecule has 0 radical (unpaired) electrons. The summed E-state index contributed by atoms with van der Waals surface area (Å²) >= 11 is 1.28. The van der Waals surface area contributed by atoms with Gasteiger partial charge in [-0.25, -0.2) is 4.79 Å². The molecule has 1 aromatic carbocycles. The Kier molecular flexibility index (Phi) is 5.28. The van der Waals surface area contributed by atoms with Gasteiger partial charge < -0.3 is 19.8 Å². The number of hydrogen-bond donors (Lipinski definition) is 2. The number of carbonyl (C=O) groups is 1. The first kappa shape index (κ1) is 17.3. The summed E-state index contributed by atoms with van der Waals surface area (Å²) in [7, 11) is 3.10. The zero-order valence-corrected chi connectivity index (χ0v) is 14.9. The highest BCUT2D eigenvalue weighted by Crippen LogP contribution is 2.29. The topological polar surface area (TPSA) is 93.3 Å². The highest BCUT2D eigenvalue weighted by Gasteiger charge is 2.18. The minimum atomic E-state index is -0.360. The van der Waals surface area contributed by atoms with Gasteiger partial charge in [-0.15, -0.1) is 0 Å². The predicted molar refractivity (Wildman–Crippen MR) is 95.8 cm³/mol. The molecule has 2 aromatic rings. The Morgan fingerprint density at radius 1 is 1.24 bits per heavy atom. The van der Waals surface area contributed by atoms with Crippen molar-refractivity contribution in [2.45, 2.75) is 24.3 Å². The molecular formula is C17H19N3O4S. The molecule has 0 saturated carbocycles. The number of nitrogens with one attached hydrogen (secondary N) is 2. The number of aryl methyl sites for hydroxylation is 1. The normalized spacial score (nSPS) is 12.6. The van der Waals surface area contributed by atoms with Gasteiger partial charge in [0.2, 0.25) is 5.91 Å². The van der Waals surface area contributed by atoms with Crippen LogP contribution < -0.4 is 20.5 Å². The lowest BCUT2D eigenvalue weighted by atomic mass is 10.2. The molecule has 3 rings (SSSR count). The van der Waals surface area contributed by atoms with E-state index in [-0.39, 0.29) is 17.3 Å². The van der Waals surface area contributed by atoms with Gasteiger partial charge in [-0.05, 0) is 19.3 Å². The van der Waals surface area contributed by atoms with E-state index in [4.69, 9.17) is 9.47 Å². The number of aromatic nitrogens is 2. The quantitative estimate of drug-likeness (QED) is 0.604. The van der Waals surface area contributed by atoms with Crippen LogP contribution in [0, 0.1) is 0 Å². The number of rotatable bonds is 6. The summed E-state index contributed by atoms with van der Waals surface area (Å²) in [5.41, 5.74) is 2.23. The number of nitrogens with zero attached hydrogens (tertiary/aromatic N) is 1. The molecule has 0 spiro atoms. The number of carbonyl (C=O) groups excluding carboxylic acids is 1. The van der Waals surface area contributed by atoms with Crippen molar-refractivity contribution < 1.29 is 14.3 Å². The number of aromatic amines is 1. The minimum absolute atomic E-state index is 0.169. The van der Waals surface area contributed by atoms with E-state index >= 15 is 0 Å². The second kappa shape index (κ2) is 7.60. The number of thioether (sulfide) groups is 1. The number of anilines is 1. The highest BCUT2D eigenvalue weighted by atomic mass is 32.2. The van der Waals surface area contributed by atoms with Gasteiger partial charge in [0.05, 0.1) is 20.0 Å². The smallest absolute Gasteiger partial charge is 0.346 e. The maximum atomic E-state index is 12.2. The number of methoxy groups -OCH3 is 2. The first-order valence-electron chi connectivity index (χ1n) is 7.87. The van der Waals surface area contributed by atoms with Gasteiger partial charge >= 0.3 is 5.69 Å². The minimum Gasteiger partial charge on any atom is -0.497 e. The number of ether oxygens (including phenoxy) is 2. The Morgan fingerprint density at radius 3 is 2.64 bits per heavy atom. The van der Waals surface area contributed by atoms with Crippen LogP contribution in [-0.2, 0) is 17.6 Å². The Balaban J connectivity index is 1.67. The van der Waals surface area contributed by atoms with Crippen LogP contribution in [0.4, 0.5) is 5.69 Å². The molecule has 1 amide bonds. The third-order valence-electron chi connectivity index (χ3n) is 3.91. The van der Waals surface area contributed by atoms with E-state index in [2.05, 4.69) is 15.3 Å². The first-order valence-corrected chi connectivity index (χ1v) is 8.85. The summed E-state index contributed by atoms with van der Waals surface area (Å²) in [6, 6.07) is 5.16. The van der Waals surface area contributed by atoms with Crippen molar-refractivity contribution in [1.82, 2.24) is 9.97 Å². The Bertz CT molecular complexity index is 828. The number of fused-ring (bicyclic) bond motifs is 1. The van der Waals surface area contributed by atoms with Gasteiger partial charge in [-0.3, -0.25) is 4.79 Å². The van der Waals surface area contributed by atoms with Crippen molar-refractivity contribution in [1.29, 1.82) is 0 Å². The van der Waals surface area contributed by atoms with E-state index in [1.54, 1.807) is 32.4 Å². The molecule has 132 valence electrons. The van der Waals surface area contributed by atoms with Crippen LogP contribution in [-0.4, -0.2) is 35.8 Å². The molecule has 0 unspecified atom stereocenters. The van der Waals surface area contributed by atoms with Gasteiger partial charge in [0.25, 0.3) is 0 Å². The predicted octanol–water partition coefficient (Wildman–Crippen LogP) is 2.01. The molecule has 0 saturated heterocycles. The summed E-state index contributed by atoms with van der Waals surface area (Å²) in [6.45, 7) is 0. The van der Waals surface area contributed by atoms with Crippen LogP contribution in [0.2, 0.25) is 0 Å². The third kappa shape index (κ3) is 4.14. The molecule has 2 N–H and O–H groups in total. The van der Waals surface area contributed by atoms with Crippen molar-refractivity contribution in [2.75, 3.05) is 25.3 Å². The fourth-order valence-corrected chi connectivity index (χ4v) is 3.65. The Morgan fingerprint density at radius 2 is 1.96 bits per heavy atom. The second-order valence-electron chi connectivity index (χ2n) is 5.60. The fourth-order valence-electron chi connectivity index (χ4n) is 2.76. The van der Waals surface area contributed by atoms with Crippen molar-refractivity contribution in [3.63, 3.8) is 0 Å². The molecule has 0 bridgehead atoms. The average molecular weight is 361 g/mol. The Labute approximate surface area is 149 Å². The van der Waals surface area contributed by atoms with Crippen LogP contribution in [0.15, 0.2) is 28.0 Å². The van der Waals surface area contributed by atoms with Crippen molar-refractivity contribution >= 4 is 23.4 Å². The molecule has 7 nitrogen and oxygen atoms in total. The van der Waals surface area contributed by atoms with E-state index in [1.807, 2.05) is 0 Å². The molecule has 0 fully saturated rings. The summed E-state index contributed by atoms with van der Waals surface area (Å²) in [5.74, 6) is 1.17. The van der Waals surface area contributed by atoms with Crippen LogP contribution in [0.5, 0.6) is 11.5 Å². The largest absolute Gasteiger partial charge is 0.497 e. The van der Waals surface area contributed by atoms with Gasteiger partial charge in [0, 0.05) is 35.1 Å². The fraction of sp³-hybridized carbons (Fsp3) is 0.353. The van der Waals surface area contributed by atoms with E-state index in [0.29, 0.717) is 22.2 Å². The standard InChI is InChI=1S/C17H19N3O4S/c1-23-11-6-10(7-12(8-11)24-2)18-15(21)9-25-16-13-4-3-5-14(13)19-17(22)20-16/h6-8H,3-5,9H2,1-2H3,(H,18,21)(H,19,20,22). The summed E-state index contributed by atoms with van der Waals surface area (Å²) < 4.78 is 10.4. The van der Waals surface area contributed by atoms with E-state index < -0.39 is 0 Å². The third-order valence-corrected chi connectivity index (χ3v) is 4.93. The molecule has 1 aliphatic carbocycles. The summed E-state index contributed by atoms with van der Waals surface area (Å²) in [6.07, 6.45) is 2.74. The van der Waals surface area contributed by atoms with E-state index in [9.17, 15) is 9.59 Å². The highest BCUT2D eigenvalue weighted by molar-refractivity contribution is 8.00. The molecule has 1 aromatic heterocycles. The monoisotopic (exact) mass is 361 g/mol. The van der Waals surface area contributed by atoms with Crippen molar-refractivity contribution in [3.05, 3.63) is 39.9 Å². The molecule has 8 heteroatoms. The number of hydrogen-bond acceptors (Lipinski definition) is 6. The molecule has 1 heterocycles. The van der Waals surface area contributed by atoms with Gasteiger partial charge in [-0.1, -0.05) is 11.8 Å². The molecule has 0 atom stereocenters. The summed E-state index contributed by atoms with van der Waals surface area (Å²) in [5, 5.41) is 3.46. The average Bonchev–Trinajstić information content (AvgIpc) is 3.07. The van der Waals surface area contributed by atoms with Gasteiger partial charge in [-0.2, -0.15) is 4.98 Å². The molecule has 25 heavy (non-hydrogen) atoms. The molecular weight excluding hydrogens is 342 g/mol. The Hall–Kier alpha value is -2.48. The van der Waals surface area contributed by atoms with Crippen LogP contribution in [0.25, 0.3) is 0 Å². The van der Waals surface area contributed by atoms with Crippen molar-refractivity contribution in [3.8, 4) is 11.5 Å². The SMILES string of the molecule is COc1cc(NC(=O)CSc2nc(=O)[nH]c3c2CCC3)cc(OC)c1. The first-order chi connectivity index (χ1) is 12.1. The van der Waals surface area contributed by atoms with Crippen LogP contribution in [0.1, 0.15) is 17.7 Å². The lowest BCUT2D eigenvalue weighted by Crippen LogP contribution is -2.17. The lowest BCUT2D eigenvalue weighted by molar-refractivity contribution is -0.113. The molecule has 0 aliphatic heterocycles. The van der Waals surface area contributed by atoms with Crippen LogP contribution in [0.3, 0.4) is 0 Å². The summed E-state index contributed by atoms with van der Waals surface area (Å²) in [4.78, 5) is 30.6. The van der Waals surface area contributed by atoms with Gasteiger partial charge in [0.15, 0.2) is 0 Å². The van der Waals surface area contributed by atoms with Gasteiger partial charge in [0.1, 0.15) is 16.5 Å². The van der Waals surface area contributed by atoms with Crippen LogP contribution >= 0.6 is 11.8 Å². The maximum Gasteiger partial charge on any atom is 0.346 e. The molecule has 1 aliphatic rings. The van der Waals surface area contributed by atoms with E-state index in [0.717, 1.165) is 30.5 Å². The zero-order valence-electron chi connectivity index (χ0n) is 14.0. The zero-order chi connectivity index (χ0) is 17.8. The number of benzene rings is 1.